The molecule has 122 valence electrons. The molecule has 1 saturated carbocycles. The fraction of sp³-hybridized carbons (Fsp3) is 0.632. The van der Waals surface area contributed by atoms with Crippen LogP contribution in [-0.2, 0) is 16.0 Å². The van der Waals surface area contributed by atoms with Crippen LogP contribution >= 0.6 is 0 Å². The van der Waals surface area contributed by atoms with Crippen LogP contribution in [0.4, 0.5) is 0 Å². The summed E-state index contributed by atoms with van der Waals surface area (Å²) in [6.07, 6.45) is 7.06. The van der Waals surface area contributed by atoms with E-state index in [4.69, 9.17) is 9.47 Å². The number of rotatable bonds is 7. The topological polar surface area (TPSA) is 35.5 Å². The smallest absolute Gasteiger partial charge is 0.188 e. The third kappa shape index (κ3) is 4.10. The van der Waals surface area contributed by atoms with E-state index in [2.05, 4.69) is 26.0 Å². The lowest BCUT2D eigenvalue weighted by atomic mass is 9.81. The number of methoxy groups -OCH3 is 1. The summed E-state index contributed by atoms with van der Waals surface area (Å²) in [5.74, 6) is 1.25. The first-order valence-corrected chi connectivity index (χ1v) is 8.45. The number of carbonyl (C=O) groups excluding carboxylic acids is 1. The SMILES string of the molecule is CCCCc1cc(C)cc(C2CCCCC2=O)c1OCOC. The van der Waals surface area contributed by atoms with Crippen LogP contribution in [0.3, 0.4) is 0 Å². The van der Waals surface area contributed by atoms with Gasteiger partial charge in [-0.2, -0.15) is 0 Å². The molecule has 1 fully saturated rings. The number of unbranched alkanes of at least 4 members (excludes halogenated alkanes) is 1. The lowest BCUT2D eigenvalue weighted by Crippen LogP contribution is -2.19. The van der Waals surface area contributed by atoms with Crippen LogP contribution in [0.1, 0.15) is 68.1 Å². The molecule has 0 spiro atoms. The van der Waals surface area contributed by atoms with Crippen molar-refractivity contribution in [2.75, 3.05) is 13.9 Å². The summed E-state index contributed by atoms with van der Waals surface area (Å²) < 4.78 is 11.0. The van der Waals surface area contributed by atoms with Gasteiger partial charge < -0.3 is 9.47 Å². The number of hydrogen-bond acceptors (Lipinski definition) is 3. The predicted molar refractivity (Wildman–Crippen MR) is 88.5 cm³/mol. The summed E-state index contributed by atoms with van der Waals surface area (Å²) in [6.45, 7) is 4.53. The first kappa shape index (κ1) is 17.0. The van der Waals surface area contributed by atoms with E-state index < -0.39 is 0 Å². The quantitative estimate of drug-likeness (QED) is 0.693. The maximum atomic E-state index is 12.4. The fourth-order valence-electron chi connectivity index (χ4n) is 3.30. The van der Waals surface area contributed by atoms with E-state index in [0.717, 1.165) is 49.8 Å². The molecule has 0 aromatic heterocycles. The zero-order valence-corrected chi connectivity index (χ0v) is 14.1. The largest absolute Gasteiger partial charge is 0.467 e. The molecule has 0 saturated heterocycles. The molecular formula is C19H28O3. The van der Waals surface area contributed by atoms with Crippen LogP contribution in [0.25, 0.3) is 0 Å². The first-order valence-electron chi connectivity index (χ1n) is 8.45. The van der Waals surface area contributed by atoms with Crippen molar-refractivity contribution in [1.29, 1.82) is 0 Å². The van der Waals surface area contributed by atoms with Crippen molar-refractivity contribution in [3.63, 3.8) is 0 Å². The van der Waals surface area contributed by atoms with Gasteiger partial charge in [0.25, 0.3) is 0 Å². The minimum Gasteiger partial charge on any atom is -0.467 e. The maximum Gasteiger partial charge on any atom is 0.188 e. The third-order valence-corrected chi connectivity index (χ3v) is 4.39. The van der Waals surface area contributed by atoms with Gasteiger partial charge in [-0.05, 0) is 38.2 Å². The monoisotopic (exact) mass is 304 g/mol. The van der Waals surface area contributed by atoms with E-state index in [1.165, 1.54) is 11.1 Å². The molecule has 0 bridgehead atoms. The summed E-state index contributed by atoms with van der Waals surface area (Å²) in [5, 5.41) is 0. The molecular weight excluding hydrogens is 276 g/mol. The van der Waals surface area contributed by atoms with Crippen molar-refractivity contribution in [2.45, 2.75) is 64.7 Å². The number of aryl methyl sites for hydroxylation is 2. The molecule has 0 heterocycles. The molecule has 3 nitrogen and oxygen atoms in total. The number of Topliss-reactive ketones (excluding diaryl/α,β-unsaturated/α-hetero) is 1. The van der Waals surface area contributed by atoms with Crippen molar-refractivity contribution >= 4 is 5.78 Å². The molecule has 1 aromatic rings. The van der Waals surface area contributed by atoms with Crippen LogP contribution in [0, 0.1) is 6.92 Å². The van der Waals surface area contributed by atoms with Crippen LogP contribution in [-0.4, -0.2) is 19.7 Å². The Bertz CT molecular complexity index is 508. The van der Waals surface area contributed by atoms with E-state index in [-0.39, 0.29) is 12.7 Å². The first-order chi connectivity index (χ1) is 10.7. The Labute approximate surface area is 134 Å². The maximum absolute atomic E-state index is 12.4. The van der Waals surface area contributed by atoms with Crippen molar-refractivity contribution in [3.8, 4) is 5.75 Å². The van der Waals surface area contributed by atoms with Crippen LogP contribution in [0.2, 0.25) is 0 Å². The molecule has 1 unspecified atom stereocenters. The molecule has 22 heavy (non-hydrogen) atoms. The zero-order valence-electron chi connectivity index (χ0n) is 14.1. The molecule has 1 aliphatic rings. The number of hydrogen-bond donors (Lipinski definition) is 0. The Kier molecular flexibility index (Phi) is 6.44. The molecule has 0 radical (unpaired) electrons. The highest BCUT2D eigenvalue weighted by molar-refractivity contribution is 5.87. The van der Waals surface area contributed by atoms with Crippen molar-refractivity contribution in [3.05, 3.63) is 28.8 Å². The molecule has 2 rings (SSSR count). The van der Waals surface area contributed by atoms with Crippen molar-refractivity contribution < 1.29 is 14.3 Å². The second-order valence-electron chi connectivity index (χ2n) is 6.26. The molecule has 0 N–H and O–H groups in total. The lowest BCUT2D eigenvalue weighted by molar-refractivity contribution is -0.121. The highest BCUT2D eigenvalue weighted by Crippen LogP contribution is 2.38. The van der Waals surface area contributed by atoms with Crippen LogP contribution in [0.5, 0.6) is 5.75 Å². The lowest BCUT2D eigenvalue weighted by Gasteiger charge is -2.25. The Morgan fingerprint density at radius 1 is 1.27 bits per heavy atom. The third-order valence-electron chi connectivity index (χ3n) is 4.39. The van der Waals surface area contributed by atoms with Crippen LogP contribution < -0.4 is 4.74 Å². The fourth-order valence-corrected chi connectivity index (χ4v) is 3.30. The number of carbonyl (C=O) groups is 1. The Hall–Kier alpha value is -1.35. The van der Waals surface area contributed by atoms with Gasteiger partial charge in [-0.15, -0.1) is 0 Å². The number of ketones is 1. The van der Waals surface area contributed by atoms with Gasteiger partial charge in [-0.1, -0.05) is 37.5 Å². The Morgan fingerprint density at radius 2 is 2.09 bits per heavy atom. The second-order valence-corrected chi connectivity index (χ2v) is 6.26. The molecule has 0 aliphatic heterocycles. The Balaban J connectivity index is 2.39. The Morgan fingerprint density at radius 3 is 2.77 bits per heavy atom. The molecule has 0 amide bonds. The van der Waals surface area contributed by atoms with Gasteiger partial charge in [0.1, 0.15) is 11.5 Å². The minimum absolute atomic E-state index is 0.000817. The normalized spacial score (nSPS) is 18.5. The van der Waals surface area contributed by atoms with E-state index in [9.17, 15) is 4.79 Å². The van der Waals surface area contributed by atoms with Crippen molar-refractivity contribution in [2.24, 2.45) is 0 Å². The summed E-state index contributed by atoms with van der Waals surface area (Å²) in [4.78, 5) is 12.4. The number of ether oxygens (including phenoxy) is 2. The molecule has 1 aliphatic carbocycles. The zero-order chi connectivity index (χ0) is 15.9. The van der Waals surface area contributed by atoms with E-state index in [1.54, 1.807) is 7.11 Å². The van der Waals surface area contributed by atoms with E-state index in [1.807, 2.05) is 0 Å². The van der Waals surface area contributed by atoms with E-state index in [0.29, 0.717) is 12.2 Å². The summed E-state index contributed by atoms with van der Waals surface area (Å²) in [6, 6.07) is 4.33. The highest BCUT2D eigenvalue weighted by Gasteiger charge is 2.28. The van der Waals surface area contributed by atoms with E-state index >= 15 is 0 Å². The van der Waals surface area contributed by atoms with Gasteiger partial charge in [0, 0.05) is 25.0 Å². The van der Waals surface area contributed by atoms with Gasteiger partial charge in [0.2, 0.25) is 0 Å². The molecule has 3 heteroatoms. The standard InChI is InChI=1S/C19H28O3/c1-4-5-8-15-11-14(2)12-17(19(15)22-13-21-3)16-9-6-7-10-18(16)20/h11-12,16H,4-10,13H2,1-3H3. The van der Waals surface area contributed by atoms with Gasteiger partial charge in [-0.3, -0.25) is 4.79 Å². The average molecular weight is 304 g/mol. The summed E-state index contributed by atoms with van der Waals surface area (Å²) >= 11 is 0. The molecule has 1 aromatic carbocycles. The van der Waals surface area contributed by atoms with Gasteiger partial charge in [-0.25, -0.2) is 0 Å². The second kappa shape index (κ2) is 8.33. The predicted octanol–water partition coefficient (Wildman–Crippen LogP) is 4.55. The van der Waals surface area contributed by atoms with Gasteiger partial charge >= 0.3 is 0 Å². The molecule has 1 atom stereocenters. The van der Waals surface area contributed by atoms with Crippen molar-refractivity contribution in [1.82, 2.24) is 0 Å². The van der Waals surface area contributed by atoms with Gasteiger partial charge in [0.05, 0.1) is 0 Å². The van der Waals surface area contributed by atoms with Crippen LogP contribution in [0.15, 0.2) is 12.1 Å². The average Bonchev–Trinajstić information content (AvgIpc) is 2.52. The highest BCUT2D eigenvalue weighted by atomic mass is 16.7. The summed E-state index contributed by atoms with van der Waals surface area (Å²) in [7, 11) is 1.63. The minimum atomic E-state index is 0.000817. The summed E-state index contributed by atoms with van der Waals surface area (Å²) in [5.41, 5.74) is 3.50. The number of benzene rings is 1. The van der Waals surface area contributed by atoms with Gasteiger partial charge in [0.15, 0.2) is 6.79 Å².